The van der Waals surface area contributed by atoms with E-state index in [0.29, 0.717) is 11.4 Å². The van der Waals surface area contributed by atoms with Crippen molar-refractivity contribution in [1.29, 1.82) is 0 Å². The third-order valence-corrected chi connectivity index (χ3v) is 1.70. The average Bonchev–Trinajstić information content (AvgIpc) is 2.15. The number of rotatable bonds is 3. The van der Waals surface area contributed by atoms with Gasteiger partial charge in [0.15, 0.2) is 0 Å². The smallest absolute Gasteiger partial charge is 0.258 e. The fourth-order valence-corrected chi connectivity index (χ4v) is 1.06. The predicted molar refractivity (Wildman–Crippen MR) is 52.9 cm³/mol. The maximum Gasteiger partial charge on any atom is 0.276 e. The van der Waals surface area contributed by atoms with Gasteiger partial charge in [0.25, 0.3) is 5.69 Å². The van der Waals surface area contributed by atoms with Crippen LogP contribution in [0.25, 0.3) is 6.08 Å². The molecule has 68 valence electrons. The van der Waals surface area contributed by atoms with Crippen LogP contribution in [0.2, 0.25) is 0 Å². The van der Waals surface area contributed by atoms with Crippen molar-refractivity contribution in [3.05, 3.63) is 46.0 Å². The van der Waals surface area contributed by atoms with Crippen molar-refractivity contribution in [2.24, 2.45) is 0 Å². The lowest BCUT2D eigenvalue weighted by atomic mass is 10.2. The molecule has 13 heavy (non-hydrogen) atoms. The summed E-state index contributed by atoms with van der Waals surface area (Å²) in [6, 6.07) is 6.53. The summed E-state index contributed by atoms with van der Waals surface area (Å²) in [5, 5.41) is 10.5. The number of halogens is 1. The zero-order chi connectivity index (χ0) is 9.68. The summed E-state index contributed by atoms with van der Waals surface area (Å²) in [6.45, 7) is 0. The van der Waals surface area contributed by atoms with Gasteiger partial charge in [0, 0.05) is 11.9 Å². The molecular weight excluding hydrogens is 190 g/mol. The van der Waals surface area contributed by atoms with Gasteiger partial charge in [0.1, 0.15) is 0 Å². The number of alkyl halides is 1. The molecule has 1 aromatic rings. The second-order valence-electron chi connectivity index (χ2n) is 2.37. The third kappa shape index (κ3) is 2.56. The van der Waals surface area contributed by atoms with E-state index in [-0.39, 0.29) is 5.69 Å². The molecule has 0 N–H and O–H groups in total. The Morgan fingerprint density at radius 1 is 1.46 bits per heavy atom. The Morgan fingerprint density at radius 2 is 2.15 bits per heavy atom. The van der Waals surface area contributed by atoms with Gasteiger partial charge in [0.2, 0.25) is 0 Å². The topological polar surface area (TPSA) is 43.1 Å². The highest BCUT2D eigenvalue weighted by Gasteiger charge is 2.08. The van der Waals surface area contributed by atoms with Crippen molar-refractivity contribution in [3.63, 3.8) is 0 Å². The van der Waals surface area contributed by atoms with E-state index in [4.69, 9.17) is 11.6 Å². The number of nitro benzene ring substituents is 1. The van der Waals surface area contributed by atoms with Gasteiger partial charge in [-0.25, -0.2) is 0 Å². The molecule has 0 amide bonds. The van der Waals surface area contributed by atoms with Gasteiger partial charge in [-0.3, -0.25) is 10.1 Å². The average molecular weight is 198 g/mol. The first kappa shape index (κ1) is 9.74. The first-order chi connectivity index (χ1) is 6.25. The van der Waals surface area contributed by atoms with Gasteiger partial charge in [-0.2, -0.15) is 0 Å². The van der Waals surface area contributed by atoms with Gasteiger partial charge in [-0.1, -0.05) is 24.3 Å². The predicted octanol–water partition coefficient (Wildman–Crippen LogP) is 2.85. The third-order valence-electron chi connectivity index (χ3n) is 1.52. The van der Waals surface area contributed by atoms with Crippen molar-refractivity contribution in [1.82, 2.24) is 0 Å². The van der Waals surface area contributed by atoms with Crippen LogP contribution in [-0.2, 0) is 0 Å². The fourth-order valence-electron chi connectivity index (χ4n) is 0.966. The molecule has 0 aliphatic carbocycles. The minimum Gasteiger partial charge on any atom is -0.258 e. The number of hydrogen-bond acceptors (Lipinski definition) is 2. The quantitative estimate of drug-likeness (QED) is 0.425. The van der Waals surface area contributed by atoms with Crippen molar-refractivity contribution in [2.45, 2.75) is 0 Å². The molecule has 0 radical (unpaired) electrons. The second-order valence-corrected chi connectivity index (χ2v) is 2.68. The first-order valence-electron chi connectivity index (χ1n) is 3.71. The highest BCUT2D eigenvalue weighted by atomic mass is 35.5. The molecule has 0 aliphatic heterocycles. The molecule has 0 bridgehead atoms. The minimum atomic E-state index is -0.409. The zero-order valence-electron chi connectivity index (χ0n) is 6.81. The standard InChI is InChI=1S/C9H8ClNO2/c10-7-3-5-8-4-1-2-6-9(8)11(12)13/h1-6H,7H2. The van der Waals surface area contributed by atoms with Crippen molar-refractivity contribution < 1.29 is 4.92 Å². The highest BCUT2D eigenvalue weighted by molar-refractivity contribution is 6.19. The number of para-hydroxylation sites is 1. The Morgan fingerprint density at radius 3 is 2.77 bits per heavy atom. The molecule has 0 heterocycles. The van der Waals surface area contributed by atoms with E-state index in [0.717, 1.165) is 0 Å². The summed E-state index contributed by atoms with van der Waals surface area (Å²) >= 11 is 5.43. The van der Waals surface area contributed by atoms with Crippen molar-refractivity contribution in [2.75, 3.05) is 5.88 Å². The van der Waals surface area contributed by atoms with Crippen LogP contribution in [0.5, 0.6) is 0 Å². The highest BCUT2D eigenvalue weighted by Crippen LogP contribution is 2.18. The van der Waals surface area contributed by atoms with E-state index >= 15 is 0 Å². The summed E-state index contributed by atoms with van der Waals surface area (Å²) in [5.41, 5.74) is 0.678. The van der Waals surface area contributed by atoms with Crippen LogP contribution in [0.15, 0.2) is 30.3 Å². The monoisotopic (exact) mass is 197 g/mol. The Balaban J connectivity index is 3.05. The Hall–Kier alpha value is -1.35. The maximum absolute atomic E-state index is 10.5. The summed E-state index contributed by atoms with van der Waals surface area (Å²) in [6.07, 6.45) is 3.31. The SMILES string of the molecule is O=[N+]([O-])c1ccccc1C=CCCl. The lowest BCUT2D eigenvalue weighted by molar-refractivity contribution is -0.385. The van der Waals surface area contributed by atoms with E-state index in [1.807, 2.05) is 0 Å². The number of nitro groups is 1. The van der Waals surface area contributed by atoms with Crippen LogP contribution >= 0.6 is 11.6 Å². The number of benzene rings is 1. The van der Waals surface area contributed by atoms with E-state index in [1.165, 1.54) is 6.07 Å². The van der Waals surface area contributed by atoms with E-state index in [9.17, 15) is 10.1 Å². The summed E-state index contributed by atoms with van der Waals surface area (Å²) in [4.78, 5) is 10.1. The molecule has 1 aromatic carbocycles. The maximum atomic E-state index is 10.5. The van der Waals surface area contributed by atoms with E-state index in [2.05, 4.69) is 0 Å². The van der Waals surface area contributed by atoms with Crippen LogP contribution < -0.4 is 0 Å². The molecule has 0 saturated carbocycles. The molecular formula is C9H8ClNO2. The number of allylic oxidation sites excluding steroid dienone is 1. The van der Waals surface area contributed by atoms with Gasteiger partial charge >= 0.3 is 0 Å². The van der Waals surface area contributed by atoms with Crippen LogP contribution in [0, 0.1) is 10.1 Å². The van der Waals surface area contributed by atoms with Gasteiger partial charge in [-0.05, 0) is 6.07 Å². The molecule has 4 heteroatoms. The van der Waals surface area contributed by atoms with Crippen molar-refractivity contribution in [3.8, 4) is 0 Å². The molecule has 0 aromatic heterocycles. The second kappa shape index (κ2) is 4.62. The Kier molecular flexibility index (Phi) is 3.46. The summed E-state index contributed by atoms with van der Waals surface area (Å²) < 4.78 is 0. The van der Waals surface area contributed by atoms with E-state index < -0.39 is 4.92 Å². The molecule has 0 saturated heterocycles. The molecule has 0 unspecified atom stereocenters. The lowest BCUT2D eigenvalue weighted by Crippen LogP contribution is -1.90. The number of hydrogen-bond donors (Lipinski definition) is 0. The largest absolute Gasteiger partial charge is 0.276 e. The zero-order valence-corrected chi connectivity index (χ0v) is 7.57. The minimum absolute atomic E-state index is 0.101. The van der Waals surface area contributed by atoms with Gasteiger partial charge in [0.05, 0.1) is 10.5 Å². The molecule has 0 fully saturated rings. The molecule has 0 aliphatic rings. The Labute approximate surface area is 80.8 Å². The molecule has 0 spiro atoms. The number of nitrogens with zero attached hydrogens (tertiary/aromatic N) is 1. The first-order valence-corrected chi connectivity index (χ1v) is 4.25. The van der Waals surface area contributed by atoms with Crippen LogP contribution in [-0.4, -0.2) is 10.8 Å². The molecule has 1 rings (SSSR count). The summed E-state index contributed by atoms with van der Waals surface area (Å²) in [7, 11) is 0. The van der Waals surface area contributed by atoms with Gasteiger partial charge < -0.3 is 0 Å². The van der Waals surface area contributed by atoms with Crippen LogP contribution in [0.4, 0.5) is 5.69 Å². The Bertz CT molecular complexity index is 336. The lowest BCUT2D eigenvalue weighted by Gasteiger charge is -1.95. The fraction of sp³-hybridized carbons (Fsp3) is 0.111. The van der Waals surface area contributed by atoms with Crippen LogP contribution in [0.3, 0.4) is 0 Å². The summed E-state index contributed by atoms with van der Waals surface area (Å²) in [5.74, 6) is 0.353. The van der Waals surface area contributed by atoms with Crippen molar-refractivity contribution >= 4 is 23.4 Å². The molecule has 3 nitrogen and oxygen atoms in total. The van der Waals surface area contributed by atoms with Gasteiger partial charge in [-0.15, -0.1) is 11.6 Å². The van der Waals surface area contributed by atoms with Crippen LogP contribution in [0.1, 0.15) is 5.56 Å². The molecule has 0 atom stereocenters. The normalized spacial score (nSPS) is 10.5. The van der Waals surface area contributed by atoms with E-state index in [1.54, 1.807) is 30.4 Å².